The molecule has 124 valence electrons. The molecule has 0 fully saturated rings. The second-order valence-corrected chi connectivity index (χ2v) is 7.35. The molecule has 0 saturated carbocycles. The Labute approximate surface area is 140 Å². The third kappa shape index (κ3) is 2.40. The molecule has 4 rings (SSSR count). The van der Waals surface area contributed by atoms with Gasteiger partial charge in [0, 0.05) is 22.2 Å². The summed E-state index contributed by atoms with van der Waals surface area (Å²) in [6.07, 6.45) is 3.23. The summed E-state index contributed by atoms with van der Waals surface area (Å²) in [5.41, 5.74) is 6.34. The summed E-state index contributed by atoms with van der Waals surface area (Å²) in [4.78, 5) is 15.1. The minimum Gasteiger partial charge on any atom is -0.465 e. The van der Waals surface area contributed by atoms with Crippen LogP contribution in [0.3, 0.4) is 0 Å². The van der Waals surface area contributed by atoms with E-state index in [4.69, 9.17) is 4.74 Å². The number of esters is 1. The lowest BCUT2D eigenvalue weighted by Crippen LogP contribution is -2.21. The SMILES string of the molecule is COC(=O)c1ccc2cc(-c3n[nH]c4c3CCC(C)(C)C4)[nH]c2c1. The van der Waals surface area contributed by atoms with Crippen molar-refractivity contribution in [2.75, 3.05) is 7.11 Å². The molecule has 0 unspecified atom stereocenters. The van der Waals surface area contributed by atoms with E-state index < -0.39 is 0 Å². The Morgan fingerprint density at radius 2 is 2.12 bits per heavy atom. The molecule has 5 nitrogen and oxygen atoms in total. The van der Waals surface area contributed by atoms with Crippen LogP contribution in [0, 0.1) is 5.41 Å². The monoisotopic (exact) mass is 323 g/mol. The van der Waals surface area contributed by atoms with Gasteiger partial charge in [0.15, 0.2) is 0 Å². The van der Waals surface area contributed by atoms with Gasteiger partial charge in [-0.15, -0.1) is 0 Å². The van der Waals surface area contributed by atoms with Crippen molar-refractivity contribution < 1.29 is 9.53 Å². The van der Waals surface area contributed by atoms with Crippen LogP contribution in [0.25, 0.3) is 22.3 Å². The lowest BCUT2D eigenvalue weighted by molar-refractivity contribution is 0.0601. The van der Waals surface area contributed by atoms with E-state index >= 15 is 0 Å². The van der Waals surface area contributed by atoms with E-state index in [0.29, 0.717) is 11.0 Å². The first kappa shape index (κ1) is 15.0. The highest BCUT2D eigenvalue weighted by Gasteiger charge is 2.29. The fraction of sp³-hybridized carbons (Fsp3) is 0.368. The van der Waals surface area contributed by atoms with Crippen molar-refractivity contribution in [1.82, 2.24) is 15.2 Å². The molecule has 0 aliphatic heterocycles. The van der Waals surface area contributed by atoms with Crippen LogP contribution in [-0.2, 0) is 17.6 Å². The van der Waals surface area contributed by atoms with Crippen molar-refractivity contribution in [3.63, 3.8) is 0 Å². The number of nitrogens with zero attached hydrogens (tertiary/aromatic N) is 1. The molecule has 2 N–H and O–H groups in total. The van der Waals surface area contributed by atoms with Crippen molar-refractivity contribution in [3.8, 4) is 11.4 Å². The van der Waals surface area contributed by atoms with Crippen molar-refractivity contribution in [2.45, 2.75) is 33.1 Å². The van der Waals surface area contributed by atoms with Crippen molar-refractivity contribution in [1.29, 1.82) is 0 Å². The molecule has 0 saturated heterocycles. The maximum absolute atomic E-state index is 11.7. The van der Waals surface area contributed by atoms with Gasteiger partial charge in [-0.05, 0) is 42.9 Å². The first-order chi connectivity index (χ1) is 11.5. The zero-order valence-electron chi connectivity index (χ0n) is 14.2. The quantitative estimate of drug-likeness (QED) is 0.704. The predicted molar refractivity (Wildman–Crippen MR) is 93.0 cm³/mol. The summed E-state index contributed by atoms with van der Waals surface area (Å²) in [5.74, 6) is -0.326. The van der Waals surface area contributed by atoms with Crippen LogP contribution in [0.1, 0.15) is 41.9 Å². The Bertz CT molecular complexity index is 933. The van der Waals surface area contributed by atoms with Gasteiger partial charge in [-0.3, -0.25) is 5.10 Å². The Hall–Kier alpha value is -2.56. The summed E-state index contributed by atoms with van der Waals surface area (Å²) in [5, 5.41) is 8.83. The molecule has 1 aliphatic rings. The molecular formula is C19H21N3O2. The molecule has 0 amide bonds. The van der Waals surface area contributed by atoms with Crippen LogP contribution in [0.15, 0.2) is 24.3 Å². The molecule has 0 bridgehead atoms. The van der Waals surface area contributed by atoms with E-state index in [0.717, 1.165) is 35.1 Å². The van der Waals surface area contributed by atoms with Crippen molar-refractivity contribution >= 4 is 16.9 Å². The van der Waals surface area contributed by atoms with E-state index in [2.05, 4.69) is 35.1 Å². The van der Waals surface area contributed by atoms with Gasteiger partial charge in [-0.25, -0.2) is 4.79 Å². The fourth-order valence-corrected chi connectivity index (χ4v) is 3.57. The van der Waals surface area contributed by atoms with E-state index in [1.807, 2.05) is 12.1 Å². The predicted octanol–water partition coefficient (Wildman–Crippen LogP) is 3.86. The van der Waals surface area contributed by atoms with Crippen molar-refractivity contribution in [3.05, 3.63) is 41.1 Å². The van der Waals surface area contributed by atoms with Crippen LogP contribution in [0.2, 0.25) is 0 Å². The number of fused-ring (bicyclic) bond motifs is 2. The van der Waals surface area contributed by atoms with Gasteiger partial charge in [0.25, 0.3) is 0 Å². The molecule has 1 aliphatic carbocycles. The average Bonchev–Trinajstić information content (AvgIpc) is 3.15. The lowest BCUT2D eigenvalue weighted by Gasteiger charge is -2.28. The van der Waals surface area contributed by atoms with Gasteiger partial charge in [0.1, 0.15) is 5.69 Å². The summed E-state index contributed by atoms with van der Waals surface area (Å²) < 4.78 is 4.79. The van der Waals surface area contributed by atoms with Gasteiger partial charge in [0.2, 0.25) is 0 Å². The number of rotatable bonds is 2. The minimum atomic E-state index is -0.326. The normalized spacial score (nSPS) is 16.1. The van der Waals surface area contributed by atoms with Crippen molar-refractivity contribution in [2.24, 2.45) is 5.41 Å². The zero-order chi connectivity index (χ0) is 16.9. The maximum Gasteiger partial charge on any atom is 0.337 e. The number of methoxy groups -OCH3 is 1. The van der Waals surface area contributed by atoms with Gasteiger partial charge in [0.05, 0.1) is 18.4 Å². The smallest absolute Gasteiger partial charge is 0.337 e. The average molecular weight is 323 g/mol. The minimum absolute atomic E-state index is 0.326. The lowest BCUT2D eigenvalue weighted by atomic mass is 9.76. The number of nitrogens with one attached hydrogen (secondary N) is 2. The first-order valence-electron chi connectivity index (χ1n) is 8.24. The molecular weight excluding hydrogens is 302 g/mol. The zero-order valence-corrected chi connectivity index (χ0v) is 14.2. The Morgan fingerprint density at radius 1 is 1.29 bits per heavy atom. The van der Waals surface area contributed by atoms with Gasteiger partial charge < -0.3 is 9.72 Å². The van der Waals surface area contributed by atoms with Gasteiger partial charge in [-0.1, -0.05) is 19.9 Å². The number of ether oxygens (including phenoxy) is 1. The van der Waals surface area contributed by atoms with E-state index in [1.54, 1.807) is 6.07 Å². The number of carbonyl (C=O) groups is 1. The molecule has 5 heteroatoms. The Balaban J connectivity index is 1.75. The highest BCUT2D eigenvalue weighted by molar-refractivity contribution is 5.95. The number of aromatic amines is 2. The molecule has 24 heavy (non-hydrogen) atoms. The summed E-state index contributed by atoms with van der Waals surface area (Å²) >= 11 is 0. The number of benzene rings is 1. The molecule has 0 atom stereocenters. The molecule has 2 aromatic heterocycles. The van der Waals surface area contributed by atoms with Crippen LogP contribution in [0.5, 0.6) is 0 Å². The second-order valence-electron chi connectivity index (χ2n) is 7.35. The summed E-state index contributed by atoms with van der Waals surface area (Å²) in [7, 11) is 1.39. The Kier molecular flexibility index (Phi) is 3.27. The molecule has 0 radical (unpaired) electrons. The van der Waals surface area contributed by atoms with E-state index in [-0.39, 0.29) is 5.97 Å². The molecule has 0 spiro atoms. The number of hydrogen-bond donors (Lipinski definition) is 2. The summed E-state index contributed by atoms with van der Waals surface area (Å²) in [6, 6.07) is 7.64. The van der Waals surface area contributed by atoms with E-state index in [9.17, 15) is 4.79 Å². The largest absolute Gasteiger partial charge is 0.465 e. The topological polar surface area (TPSA) is 70.8 Å². The van der Waals surface area contributed by atoms with Crippen LogP contribution in [-0.4, -0.2) is 28.3 Å². The van der Waals surface area contributed by atoms with Gasteiger partial charge >= 0.3 is 5.97 Å². The second kappa shape index (κ2) is 5.23. The number of H-pyrrole nitrogens is 2. The maximum atomic E-state index is 11.7. The molecule has 1 aromatic carbocycles. The van der Waals surface area contributed by atoms with Crippen LogP contribution >= 0.6 is 0 Å². The standard InChI is InChI=1S/C19H21N3O2/c1-19(2)7-6-13-16(10-19)21-22-17(13)15-8-11-4-5-12(18(23)24-3)9-14(11)20-15/h4-5,8-9,20H,6-7,10H2,1-3H3,(H,21,22). The number of hydrogen-bond acceptors (Lipinski definition) is 3. The van der Waals surface area contributed by atoms with Gasteiger partial charge in [-0.2, -0.15) is 5.10 Å². The van der Waals surface area contributed by atoms with Crippen LogP contribution < -0.4 is 0 Å². The Morgan fingerprint density at radius 3 is 2.92 bits per heavy atom. The molecule has 2 heterocycles. The van der Waals surface area contributed by atoms with Crippen LogP contribution in [0.4, 0.5) is 0 Å². The molecule has 3 aromatic rings. The fourth-order valence-electron chi connectivity index (χ4n) is 3.57. The highest BCUT2D eigenvalue weighted by Crippen LogP contribution is 2.38. The highest BCUT2D eigenvalue weighted by atomic mass is 16.5. The summed E-state index contributed by atoms with van der Waals surface area (Å²) in [6.45, 7) is 4.60. The number of carbonyl (C=O) groups excluding carboxylic acids is 1. The first-order valence-corrected chi connectivity index (χ1v) is 8.24. The van der Waals surface area contributed by atoms with E-state index in [1.165, 1.54) is 24.8 Å². The third-order valence-electron chi connectivity index (χ3n) is 4.96. The number of aromatic nitrogens is 3. The third-order valence-corrected chi connectivity index (χ3v) is 4.96.